The Labute approximate surface area is 74.7 Å². The molecule has 2 rings (SSSR count). The molecule has 2 fully saturated rings. The second-order valence-corrected chi connectivity index (χ2v) is 4.05. The summed E-state index contributed by atoms with van der Waals surface area (Å²) in [4.78, 5) is 11.0. The van der Waals surface area contributed by atoms with Crippen LogP contribution in [0.1, 0.15) is 12.8 Å². The molecule has 74 valence electrons. The lowest BCUT2D eigenvalue weighted by Crippen LogP contribution is -2.50. The molecule has 1 unspecified atom stereocenters. The van der Waals surface area contributed by atoms with Crippen LogP contribution in [0.25, 0.3) is 0 Å². The molecule has 1 atom stereocenters. The van der Waals surface area contributed by atoms with Crippen molar-refractivity contribution in [3.05, 3.63) is 0 Å². The zero-order valence-electron chi connectivity index (χ0n) is 6.60. The summed E-state index contributed by atoms with van der Waals surface area (Å²) in [6.07, 6.45) is 0.847. The van der Waals surface area contributed by atoms with E-state index in [1.165, 1.54) is 0 Å². The van der Waals surface area contributed by atoms with E-state index in [4.69, 9.17) is 5.73 Å². The lowest BCUT2D eigenvalue weighted by atomic mass is 10.1. The predicted octanol–water partition coefficient (Wildman–Crippen LogP) is -1.53. The number of rotatable bonds is 1. The highest BCUT2D eigenvalue weighted by atomic mass is 32.3. The Kier molecular flexibility index (Phi) is 1.65. The molecule has 7 nitrogen and oxygen atoms in total. The van der Waals surface area contributed by atoms with Crippen LogP contribution in [0.4, 0.5) is 0 Å². The number of carbonyl (C=O) groups is 1. The first-order valence-electron chi connectivity index (χ1n) is 3.69. The normalized spacial score (nSPS) is 37.5. The van der Waals surface area contributed by atoms with E-state index in [0.29, 0.717) is 13.0 Å². The third-order valence-corrected chi connectivity index (χ3v) is 2.93. The van der Waals surface area contributed by atoms with Gasteiger partial charge in [-0.3, -0.25) is 4.79 Å². The summed E-state index contributed by atoms with van der Waals surface area (Å²) in [6, 6.07) is 0. The Morgan fingerprint density at radius 1 is 1.54 bits per heavy atom. The van der Waals surface area contributed by atoms with Crippen molar-refractivity contribution in [2.75, 3.05) is 6.54 Å². The average molecular weight is 208 g/mol. The minimum atomic E-state index is -4.08. The number of fused-ring (bicyclic) bond motifs is 1. The van der Waals surface area contributed by atoms with E-state index in [1.807, 2.05) is 0 Å². The van der Waals surface area contributed by atoms with Crippen LogP contribution in [-0.2, 0) is 23.7 Å². The van der Waals surface area contributed by atoms with Crippen molar-refractivity contribution in [2.45, 2.75) is 18.6 Å². The number of carbonyl (C=O) groups excluding carboxylic acids is 1. The second-order valence-electron chi connectivity index (χ2n) is 2.92. The van der Waals surface area contributed by atoms with Crippen molar-refractivity contribution in [3.63, 3.8) is 0 Å². The first kappa shape index (κ1) is 8.88. The lowest BCUT2D eigenvalue weighted by Gasteiger charge is -2.20. The second kappa shape index (κ2) is 2.41. The smallest absolute Gasteiger partial charge is 0.366 e. The van der Waals surface area contributed by atoms with Gasteiger partial charge in [0.05, 0.1) is 0 Å². The van der Waals surface area contributed by atoms with Crippen LogP contribution >= 0.6 is 0 Å². The number of primary amides is 1. The van der Waals surface area contributed by atoms with Gasteiger partial charge >= 0.3 is 10.4 Å². The molecule has 2 aliphatic rings. The summed E-state index contributed by atoms with van der Waals surface area (Å²) in [7, 11) is -4.08. The van der Waals surface area contributed by atoms with Gasteiger partial charge in [-0.2, -0.15) is 12.7 Å². The first-order valence-corrected chi connectivity index (χ1v) is 5.02. The largest absolute Gasteiger partial charge is 0.418 e. The van der Waals surface area contributed by atoms with Crippen LogP contribution in [0, 0.1) is 0 Å². The van der Waals surface area contributed by atoms with Crippen molar-refractivity contribution in [1.29, 1.82) is 0 Å². The molecule has 0 bridgehead atoms. The monoisotopic (exact) mass is 208 g/mol. The molecule has 8 heteroatoms. The van der Waals surface area contributed by atoms with E-state index in [0.717, 1.165) is 5.06 Å². The van der Waals surface area contributed by atoms with Crippen LogP contribution in [0.3, 0.4) is 0 Å². The molecule has 0 aromatic rings. The Morgan fingerprint density at radius 3 is 2.77 bits per heavy atom. The third kappa shape index (κ3) is 1.14. The van der Waals surface area contributed by atoms with Gasteiger partial charge in [0.2, 0.25) is 5.72 Å². The van der Waals surface area contributed by atoms with E-state index in [2.05, 4.69) is 8.47 Å². The molecule has 2 saturated heterocycles. The van der Waals surface area contributed by atoms with Crippen LogP contribution in [0.5, 0.6) is 0 Å². The van der Waals surface area contributed by atoms with Gasteiger partial charge in [0.1, 0.15) is 0 Å². The molecule has 1 amide bonds. The average Bonchev–Trinajstić information content (AvgIpc) is 2.40. The molecule has 2 N–H and O–H groups in total. The van der Waals surface area contributed by atoms with Crippen LogP contribution < -0.4 is 5.73 Å². The van der Waals surface area contributed by atoms with Crippen molar-refractivity contribution < 1.29 is 21.7 Å². The highest BCUT2D eigenvalue weighted by Gasteiger charge is 2.59. The molecule has 0 saturated carbocycles. The quantitative estimate of drug-likeness (QED) is 0.561. The zero-order valence-corrected chi connectivity index (χ0v) is 7.41. The number of nitrogens with zero attached hydrogens (tertiary/aromatic N) is 1. The number of hydroxylamine groups is 2. The van der Waals surface area contributed by atoms with E-state index in [-0.39, 0.29) is 6.42 Å². The van der Waals surface area contributed by atoms with Gasteiger partial charge in [0.15, 0.2) is 0 Å². The van der Waals surface area contributed by atoms with Crippen molar-refractivity contribution in [2.24, 2.45) is 5.73 Å². The summed E-state index contributed by atoms with van der Waals surface area (Å²) in [6.45, 7) is 0.322. The standard InChI is InChI=1S/C5H8N2O5S/c6-4(8)5-2-1-3-7(5)12-13(9,10)11-5/h1-3H2,(H2,6,8). The maximum absolute atomic E-state index is 11.0. The van der Waals surface area contributed by atoms with E-state index >= 15 is 0 Å². The minimum absolute atomic E-state index is 0.238. The van der Waals surface area contributed by atoms with E-state index < -0.39 is 22.0 Å². The van der Waals surface area contributed by atoms with Gasteiger partial charge in [0, 0.05) is 13.0 Å². The molecule has 0 radical (unpaired) electrons. The lowest BCUT2D eigenvalue weighted by molar-refractivity contribution is -0.167. The number of hydrogen-bond acceptors (Lipinski definition) is 6. The molecule has 2 aliphatic heterocycles. The molecule has 13 heavy (non-hydrogen) atoms. The highest BCUT2D eigenvalue weighted by molar-refractivity contribution is 7.82. The molecular weight excluding hydrogens is 200 g/mol. The van der Waals surface area contributed by atoms with Gasteiger partial charge in [-0.15, -0.1) is 5.06 Å². The maximum atomic E-state index is 11.0. The molecule has 0 aromatic carbocycles. The third-order valence-electron chi connectivity index (χ3n) is 2.09. The Hall–Kier alpha value is -0.700. The molecule has 0 aromatic heterocycles. The van der Waals surface area contributed by atoms with Gasteiger partial charge in [-0.05, 0) is 6.42 Å². The summed E-state index contributed by atoms with van der Waals surface area (Å²) < 4.78 is 30.7. The Balaban J connectivity index is 2.41. The fourth-order valence-corrected chi connectivity index (χ4v) is 2.56. The summed E-state index contributed by atoms with van der Waals surface area (Å²) in [5.74, 6) is -0.842. The summed E-state index contributed by atoms with van der Waals surface area (Å²) in [5.41, 5.74) is 3.45. The van der Waals surface area contributed by atoms with Crippen LogP contribution in [0.15, 0.2) is 0 Å². The van der Waals surface area contributed by atoms with Gasteiger partial charge < -0.3 is 5.73 Å². The van der Waals surface area contributed by atoms with Crippen LogP contribution in [-0.4, -0.2) is 31.7 Å². The number of amides is 1. The number of nitrogens with two attached hydrogens (primary N) is 1. The highest BCUT2D eigenvalue weighted by Crippen LogP contribution is 2.38. The fraction of sp³-hybridized carbons (Fsp3) is 0.800. The van der Waals surface area contributed by atoms with Crippen LogP contribution in [0.2, 0.25) is 0 Å². The van der Waals surface area contributed by atoms with Gasteiger partial charge in [-0.25, -0.2) is 4.18 Å². The minimum Gasteiger partial charge on any atom is -0.366 e. The predicted molar refractivity (Wildman–Crippen MR) is 39.0 cm³/mol. The Bertz CT molecular complexity index is 352. The van der Waals surface area contributed by atoms with Gasteiger partial charge in [0.25, 0.3) is 5.91 Å². The maximum Gasteiger partial charge on any atom is 0.418 e. The Morgan fingerprint density at radius 2 is 2.23 bits per heavy atom. The fourth-order valence-electron chi connectivity index (χ4n) is 1.53. The number of hydrogen-bond donors (Lipinski definition) is 1. The molecule has 0 spiro atoms. The molecule has 2 heterocycles. The van der Waals surface area contributed by atoms with E-state index in [1.54, 1.807) is 0 Å². The van der Waals surface area contributed by atoms with Gasteiger partial charge in [-0.1, -0.05) is 0 Å². The van der Waals surface area contributed by atoms with Crippen molar-refractivity contribution in [1.82, 2.24) is 5.06 Å². The van der Waals surface area contributed by atoms with Crippen molar-refractivity contribution >= 4 is 16.3 Å². The SMILES string of the molecule is NC(=O)C12CCCN1OS(=O)(=O)O2. The van der Waals surface area contributed by atoms with Crippen molar-refractivity contribution in [3.8, 4) is 0 Å². The zero-order chi connectivity index (χ0) is 9.69. The molecule has 0 aliphatic carbocycles. The summed E-state index contributed by atoms with van der Waals surface area (Å²) >= 11 is 0. The van der Waals surface area contributed by atoms with E-state index in [9.17, 15) is 13.2 Å². The first-order chi connectivity index (χ1) is 5.96. The topological polar surface area (TPSA) is 98.9 Å². The summed E-state index contributed by atoms with van der Waals surface area (Å²) in [5, 5.41) is 0.977. The molecular formula is C5H8N2O5S.